The van der Waals surface area contributed by atoms with E-state index < -0.39 is 5.97 Å². The van der Waals surface area contributed by atoms with E-state index >= 15 is 0 Å². The predicted octanol–water partition coefficient (Wildman–Crippen LogP) is 5.72. The summed E-state index contributed by atoms with van der Waals surface area (Å²) in [5.41, 5.74) is 4.91. The highest BCUT2D eigenvalue weighted by atomic mass is 19.1. The number of rotatable bonds is 7. The lowest BCUT2D eigenvalue weighted by Crippen LogP contribution is -2.03. The Morgan fingerprint density at radius 3 is 2.49 bits per heavy atom. The van der Waals surface area contributed by atoms with Crippen LogP contribution in [0.15, 0.2) is 83.5 Å². The summed E-state index contributed by atoms with van der Waals surface area (Å²) in [4.78, 5) is 15.5. The van der Waals surface area contributed by atoms with E-state index in [4.69, 9.17) is 9.63 Å². The third-order valence-electron chi connectivity index (χ3n) is 5.74. The number of carboxylic acids is 1. The van der Waals surface area contributed by atoms with E-state index in [-0.39, 0.29) is 11.5 Å². The molecule has 0 bridgehead atoms. The molecule has 2 heterocycles. The SMILES string of the molecule is CCc1cc(-c2nc(-c3ccc(Cn4ccc(C(=O)O)n4)cc3)no2)ccc1-c1ccccc1F. The Morgan fingerprint density at radius 2 is 1.77 bits per heavy atom. The Morgan fingerprint density at radius 1 is 1.00 bits per heavy atom. The third kappa shape index (κ3) is 4.59. The van der Waals surface area contributed by atoms with Crippen molar-refractivity contribution < 1.29 is 18.8 Å². The summed E-state index contributed by atoms with van der Waals surface area (Å²) >= 11 is 0. The van der Waals surface area contributed by atoms with Crippen LogP contribution in [0.1, 0.15) is 28.5 Å². The molecule has 8 heteroatoms. The molecule has 2 aromatic heterocycles. The van der Waals surface area contributed by atoms with Crippen molar-refractivity contribution >= 4 is 5.97 Å². The van der Waals surface area contributed by atoms with Crippen molar-refractivity contribution in [2.75, 3.05) is 0 Å². The van der Waals surface area contributed by atoms with E-state index in [0.29, 0.717) is 23.8 Å². The summed E-state index contributed by atoms with van der Waals surface area (Å²) in [5.74, 6) is -0.472. The second-order valence-corrected chi connectivity index (χ2v) is 8.03. The van der Waals surface area contributed by atoms with Gasteiger partial charge in [-0.05, 0) is 47.4 Å². The number of hydrogen-bond acceptors (Lipinski definition) is 5. The van der Waals surface area contributed by atoms with Crippen LogP contribution in [0.4, 0.5) is 4.39 Å². The van der Waals surface area contributed by atoms with Gasteiger partial charge >= 0.3 is 5.97 Å². The van der Waals surface area contributed by atoms with Gasteiger partial charge in [-0.3, -0.25) is 4.68 Å². The number of hydrogen-bond donors (Lipinski definition) is 1. The van der Waals surface area contributed by atoms with Crippen LogP contribution in [0.2, 0.25) is 0 Å². The third-order valence-corrected chi connectivity index (χ3v) is 5.74. The topological polar surface area (TPSA) is 94.0 Å². The van der Waals surface area contributed by atoms with Gasteiger partial charge in [0.15, 0.2) is 5.69 Å². The molecule has 5 aromatic rings. The number of nitrogens with zero attached hydrogens (tertiary/aromatic N) is 4. The molecule has 3 aromatic carbocycles. The highest BCUT2D eigenvalue weighted by molar-refractivity contribution is 5.85. The maximum Gasteiger partial charge on any atom is 0.356 e. The molecule has 0 spiro atoms. The molecule has 0 saturated carbocycles. The Balaban J connectivity index is 1.36. The summed E-state index contributed by atoms with van der Waals surface area (Å²) in [5, 5.41) is 17.1. The van der Waals surface area contributed by atoms with E-state index in [9.17, 15) is 9.18 Å². The zero-order valence-corrected chi connectivity index (χ0v) is 18.9. The lowest BCUT2D eigenvalue weighted by molar-refractivity contribution is 0.0689. The van der Waals surface area contributed by atoms with Crippen LogP contribution < -0.4 is 0 Å². The molecule has 0 atom stereocenters. The highest BCUT2D eigenvalue weighted by Gasteiger charge is 2.15. The minimum absolute atomic E-state index is 0.00844. The van der Waals surface area contributed by atoms with Crippen LogP contribution in [-0.4, -0.2) is 31.0 Å². The van der Waals surface area contributed by atoms with Gasteiger partial charge in [0.1, 0.15) is 5.82 Å². The fraction of sp³-hybridized carbons (Fsp3) is 0.111. The van der Waals surface area contributed by atoms with Crippen LogP contribution in [0.5, 0.6) is 0 Å². The minimum Gasteiger partial charge on any atom is -0.476 e. The van der Waals surface area contributed by atoms with Crippen molar-refractivity contribution in [3.8, 4) is 34.0 Å². The number of aromatic nitrogens is 4. The molecule has 174 valence electrons. The highest BCUT2D eigenvalue weighted by Crippen LogP contribution is 2.31. The molecule has 0 amide bonds. The van der Waals surface area contributed by atoms with Crippen LogP contribution in [0.3, 0.4) is 0 Å². The number of carbonyl (C=O) groups is 1. The van der Waals surface area contributed by atoms with Gasteiger partial charge in [-0.25, -0.2) is 9.18 Å². The smallest absolute Gasteiger partial charge is 0.356 e. The molecule has 0 unspecified atom stereocenters. The average Bonchev–Trinajstić information content (AvgIpc) is 3.55. The maximum absolute atomic E-state index is 14.3. The quantitative estimate of drug-likeness (QED) is 0.329. The first-order valence-electron chi connectivity index (χ1n) is 11.1. The van der Waals surface area contributed by atoms with Gasteiger partial charge in [-0.15, -0.1) is 0 Å². The molecule has 0 radical (unpaired) electrons. The second kappa shape index (κ2) is 9.34. The largest absolute Gasteiger partial charge is 0.476 e. The number of benzene rings is 3. The zero-order chi connectivity index (χ0) is 24.4. The monoisotopic (exact) mass is 468 g/mol. The summed E-state index contributed by atoms with van der Waals surface area (Å²) in [6.45, 7) is 2.47. The van der Waals surface area contributed by atoms with Gasteiger partial charge in [-0.2, -0.15) is 10.1 Å². The molecule has 7 nitrogen and oxygen atoms in total. The van der Waals surface area contributed by atoms with E-state index in [0.717, 1.165) is 34.2 Å². The molecule has 0 aliphatic carbocycles. The number of carboxylic acid groups (broad SMARTS) is 1. The Hall–Kier alpha value is -4.59. The predicted molar refractivity (Wildman–Crippen MR) is 128 cm³/mol. The maximum atomic E-state index is 14.3. The number of halogens is 1. The average molecular weight is 468 g/mol. The summed E-state index contributed by atoms with van der Waals surface area (Å²) in [6, 6.07) is 21.5. The fourth-order valence-corrected chi connectivity index (χ4v) is 3.93. The van der Waals surface area contributed by atoms with Gasteiger partial charge in [0.05, 0.1) is 6.54 Å². The number of aromatic carboxylic acids is 1. The molecule has 1 N–H and O–H groups in total. The van der Waals surface area contributed by atoms with Gasteiger partial charge in [0.2, 0.25) is 5.82 Å². The Bertz CT molecular complexity index is 1510. The van der Waals surface area contributed by atoms with E-state index in [1.165, 1.54) is 12.1 Å². The van der Waals surface area contributed by atoms with Crippen LogP contribution >= 0.6 is 0 Å². The van der Waals surface area contributed by atoms with E-state index in [1.807, 2.05) is 55.5 Å². The summed E-state index contributed by atoms with van der Waals surface area (Å²) in [7, 11) is 0. The van der Waals surface area contributed by atoms with Gasteiger partial charge in [0, 0.05) is 22.9 Å². The van der Waals surface area contributed by atoms with E-state index in [2.05, 4.69) is 15.2 Å². The van der Waals surface area contributed by atoms with Gasteiger partial charge in [0.25, 0.3) is 5.89 Å². The van der Waals surface area contributed by atoms with E-state index in [1.54, 1.807) is 23.0 Å². The standard InChI is InChI=1S/C27H21FN4O3/c1-2-18-15-20(11-12-21(18)22-5-3-4-6-23(22)28)26-29-25(31-35-26)19-9-7-17(8-10-19)16-32-14-13-24(30-32)27(33)34/h3-15H,2,16H2,1H3,(H,33,34). The Kier molecular flexibility index (Phi) is 5.93. The van der Waals surface area contributed by atoms with Crippen LogP contribution in [0, 0.1) is 5.82 Å². The Labute approximate surface area is 200 Å². The fourth-order valence-electron chi connectivity index (χ4n) is 3.93. The first-order valence-corrected chi connectivity index (χ1v) is 11.1. The molecule has 0 aliphatic rings. The van der Waals surface area contributed by atoms with Crippen molar-refractivity contribution in [3.05, 3.63) is 102 Å². The van der Waals surface area contributed by atoms with Crippen molar-refractivity contribution in [2.24, 2.45) is 0 Å². The minimum atomic E-state index is -1.06. The molecule has 5 rings (SSSR count). The molecular weight excluding hydrogens is 447 g/mol. The molecular formula is C27H21FN4O3. The zero-order valence-electron chi connectivity index (χ0n) is 18.9. The first kappa shape index (κ1) is 22.2. The number of aryl methyl sites for hydroxylation is 1. The van der Waals surface area contributed by atoms with Crippen LogP contribution in [-0.2, 0) is 13.0 Å². The van der Waals surface area contributed by atoms with Crippen molar-refractivity contribution in [1.29, 1.82) is 0 Å². The van der Waals surface area contributed by atoms with Crippen molar-refractivity contribution in [3.63, 3.8) is 0 Å². The lowest BCUT2D eigenvalue weighted by Gasteiger charge is -2.10. The summed E-state index contributed by atoms with van der Waals surface area (Å²) in [6.07, 6.45) is 2.36. The first-order chi connectivity index (χ1) is 17.0. The molecule has 0 aliphatic heterocycles. The second-order valence-electron chi connectivity index (χ2n) is 8.03. The normalized spacial score (nSPS) is 11.0. The van der Waals surface area contributed by atoms with Crippen LogP contribution in [0.25, 0.3) is 34.0 Å². The van der Waals surface area contributed by atoms with Gasteiger partial charge in [-0.1, -0.05) is 60.6 Å². The molecule has 0 saturated heterocycles. The lowest BCUT2D eigenvalue weighted by atomic mass is 9.95. The molecule has 0 fully saturated rings. The van der Waals surface area contributed by atoms with Crippen molar-refractivity contribution in [1.82, 2.24) is 19.9 Å². The van der Waals surface area contributed by atoms with Crippen molar-refractivity contribution in [2.45, 2.75) is 19.9 Å². The summed E-state index contributed by atoms with van der Waals surface area (Å²) < 4.78 is 21.4. The molecule has 35 heavy (non-hydrogen) atoms. The van der Waals surface area contributed by atoms with Gasteiger partial charge < -0.3 is 9.63 Å².